The molecule has 2 heteroatoms. The van der Waals surface area contributed by atoms with Crippen LogP contribution in [0.15, 0.2) is 224 Å². The summed E-state index contributed by atoms with van der Waals surface area (Å²) in [7, 11) is 0. The molecule has 0 radical (unpaired) electrons. The lowest BCUT2D eigenvalue weighted by Crippen LogP contribution is -2.11. The normalized spacial score (nSPS) is 11.4. The lowest BCUT2D eigenvalue weighted by molar-refractivity contribution is 1.28. The van der Waals surface area contributed by atoms with Gasteiger partial charge in [-0.05, 0) is 103 Å². The number of thiophene rings is 1. The molecule has 0 aliphatic heterocycles. The summed E-state index contributed by atoms with van der Waals surface area (Å²) in [6.45, 7) is 0. The van der Waals surface area contributed by atoms with Crippen molar-refractivity contribution in [1.29, 1.82) is 0 Å². The van der Waals surface area contributed by atoms with Crippen LogP contribution in [0.25, 0.3) is 86.2 Å². The Bertz CT molecular complexity index is 3250. The molecule has 0 fully saturated rings. The maximum atomic E-state index is 2.42. The molecule has 272 valence electrons. The van der Waals surface area contributed by atoms with Crippen LogP contribution in [0, 0.1) is 0 Å². The van der Waals surface area contributed by atoms with Crippen LogP contribution in [0.5, 0.6) is 0 Å². The quantitative estimate of drug-likeness (QED) is 0.157. The molecule has 0 unspecified atom stereocenters. The van der Waals surface area contributed by atoms with Crippen molar-refractivity contribution in [2.75, 3.05) is 4.90 Å². The first-order valence-corrected chi connectivity index (χ1v) is 20.7. The number of nitrogens with zero attached hydrogens (tertiary/aromatic N) is 1. The van der Waals surface area contributed by atoms with Crippen LogP contribution >= 0.6 is 11.3 Å². The molecule has 0 N–H and O–H groups in total. The molecular formula is C56H37NS. The van der Waals surface area contributed by atoms with E-state index >= 15 is 0 Å². The van der Waals surface area contributed by atoms with E-state index < -0.39 is 0 Å². The summed E-state index contributed by atoms with van der Waals surface area (Å²) in [5, 5.41) is 7.65. The number of fused-ring (bicyclic) bond motifs is 5. The van der Waals surface area contributed by atoms with Crippen molar-refractivity contribution in [3.8, 4) is 44.5 Å². The summed E-state index contributed by atoms with van der Waals surface area (Å²) in [6.07, 6.45) is 0. The predicted octanol–water partition coefficient (Wildman–Crippen LogP) is 16.5. The average Bonchev–Trinajstić information content (AvgIpc) is 3.69. The van der Waals surface area contributed by atoms with Crippen molar-refractivity contribution in [2.24, 2.45) is 0 Å². The molecule has 0 spiro atoms. The third kappa shape index (κ3) is 5.94. The molecule has 1 nitrogen and oxygen atoms in total. The van der Waals surface area contributed by atoms with Gasteiger partial charge in [0, 0.05) is 37.1 Å². The van der Waals surface area contributed by atoms with Crippen LogP contribution in [-0.4, -0.2) is 0 Å². The highest BCUT2D eigenvalue weighted by Crippen LogP contribution is 2.46. The van der Waals surface area contributed by atoms with Gasteiger partial charge in [0.1, 0.15) is 0 Å². The topological polar surface area (TPSA) is 3.24 Å². The Balaban J connectivity index is 1.02. The minimum absolute atomic E-state index is 1.10. The smallest absolute Gasteiger partial charge is 0.0540 e. The van der Waals surface area contributed by atoms with Crippen molar-refractivity contribution in [1.82, 2.24) is 0 Å². The van der Waals surface area contributed by atoms with Gasteiger partial charge in [0.2, 0.25) is 0 Å². The minimum Gasteiger partial charge on any atom is -0.310 e. The zero-order valence-electron chi connectivity index (χ0n) is 31.7. The monoisotopic (exact) mass is 755 g/mol. The van der Waals surface area contributed by atoms with Gasteiger partial charge in [0.15, 0.2) is 0 Å². The lowest BCUT2D eigenvalue weighted by Gasteiger charge is -2.28. The Labute approximate surface area is 342 Å². The summed E-state index contributed by atoms with van der Waals surface area (Å²) >= 11 is 1.86. The Morgan fingerprint density at radius 1 is 0.276 bits per heavy atom. The molecule has 11 rings (SSSR count). The zero-order valence-corrected chi connectivity index (χ0v) is 32.5. The van der Waals surface area contributed by atoms with Crippen LogP contribution < -0.4 is 4.90 Å². The standard InChI is InChI=1S/C56H37NS/c1-3-16-46-40(12-1)14-9-20-48(46)42-28-26-38(27-29-42)39-30-34-44(35-31-39)57(45-36-32-43(33-37-45)49-21-10-15-41-13-2-4-17-47(41)49)53-23-7-5-18-50(53)51-22-11-25-55-56(51)52-19-6-8-24-54(52)58-55/h1-37H. The maximum Gasteiger partial charge on any atom is 0.0540 e. The van der Waals surface area contributed by atoms with Gasteiger partial charge in [-0.25, -0.2) is 0 Å². The van der Waals surface area contributed by atoms with E-state index in [2.05, 4.69) is 229 Å². The largest absolute Gasteiger partial charge is 0.310 e. The van der Waals surface area contributed by atoms with Crippen molar-refractivity contribution < 1.29 is 0 Å². The zero-order chi connectivity index (χ0) is 38.4. The highest BCUT2D eigenvalue weighted by atomic mass is 32.1. The molecule has 1 aromatic heterocycles. The van der Waals surface area contributed by atoms with E-state index in [0.29, 0.717) is 0 Å². The summed E-state index contributed by atoms with van der Waals surface area (Å²) in [5.41, 5.74) is 13.1. The van der Waals surface area contributed by atoms with Gasteiger partial charge in [0.25, 0.3) is 0 Å². The van der Waals surface area contributed by atoms with E-state index in [-0.39, 0.29) is 0 Å². The first kappa shape index (κ1) is 34.0. The molecule has 0 aliphatic carbocycles. The number of hydrogen-bond donors (Lipinski definition) is 0. The summed E-state index contributed by atoms with van der Waals surface area (Å²) in [4.78, 5) is 2.42. The highest BCUT2D eigenvalue weighted by molar-refractivity contribution is 7.25. The third-order valence-electron chi connectivity index (χ3n) is 11.5. The van der Waals surface area contributed by atoms with Gasteiger partial charge < -0.3 is 4.90 Å². The molecule has 0 bridgehead atoms. The van der Waals surface area contributed by atoms with Crippen LogP contribution in [-0.2, 0) is 0 Å². The Morgan fingerprint density at radius 2 is 0.690 bits per heavy atom. The van der Waals surface area contributed by atoms with Gasteiger partial charge in [-0.3, -0.25) is 0 Å². The third-order valence-corrected chi connectivity index (χ3v) is 12.6. The molecular weight excluding hydrogens is 719 g/mol. The van der Waals surface area contributed by atoms with E-state index in [0.717, 1.165) is 17.1 Å². The van der Waals surface area contributed by atoms with Crippen molar-refractivity contribution >= 4 is 70.1 Å². The van der Waals surface area contributed by atoms with E-state index in [4.69, 9.17) is 0 Å². The van der Waals surface area contributed by atoms with Gasteiger partial charge in [-0.1, -0.05) is 182 Å². The fraction of sp³-hybridized carbons (Fsp3) is 0. The number of rotatable bonds is 7. The van der Waals surface area contributed by atoms with E-state index in [1.54, 1.807) is 0 Å². The Morgan fingerprint density at radius 3 is 1.33 bits per heavy atom. The number of para-hydroxylation sites is 1. The first-order chi connectivity index (χ1) is 28.8. The second-order valence-electron chi connectivity index (χ2n) is 14.9. The van der Waals surface area contributed by atoms with Crippen LogP contribution in [0.4, 0.5) is 17.1 Å². The summed E-state index contributed by atoms with van der Waals surface area (Å²) in [5.74, 6) is 0. The van der Waals surface area contributed by atoms with Gasteiger partial charge in [0.05, 0.1) is 5.69 Å². The van der Waals surface area contributed by atoms with Crippen molar-refractivity contribution in [3.63, 3.8) is 0 Å². The van der Waals surface area contributed by atoms with E-state index in [1.807, 2.05) is 11.3 Å². The van der Waals surface area contributed by atoms with Crippen LogP contribution in [0.3, 0.4) is 0 Å². The average molecular weight is 756 g/mol. The predicted molar refractivity (Wildman–Crippen MR) is 251 cm³/mol. The first-order valence-electron chi connectivity index (χ1n) is 19.8. The molecule has 0 amide bonds. The van der Waals surface area contributed by atoms with Crippen LogP contribution in [0.1, 0.15) is 0 Å². The minimum atomic E-state index is 1.10. The van der Waals surface area contributed by atoms with Gasteiger partial charge >= 0.3 is 0 Å². The van der Waals surface area contributed by atoms with Crippen molar-refractivity contribution in [3.05, 3.63) is 224 Å². The summed E-state index contributed by atoms with van der Waals surface area (Å²) in [6, 6.07) is 81.9. The molecule has 11 aromatic rings. The molecule has 10 aromatic carbocycles. The SMILES string of the molecule is c1ccc(N(c2ccc(-c3ccc(-c4cccc5ccccc45)cc3)cc2)c2ccc(-c3cccc4ccccc34)cc2)c(-c2cccc3sc4ccccc4c23)c1. The molecule has 0 aliphatic rings. The number of benzene rings is 10. The van der Waals surface area contributed by atoms with Gasteiger partial charge in [-0.2, -0.15) is 0 Å². The molecule has 0 atom stereocenters. The van der Waals surface area contributed by atoms with Crippen molar-refractivity contribution in [2.45, 2.75) is 0 Å². The molecule has 0 saturated heterocycles. The maximum absolute atomic E-state index is 2.42. The molecule has 58 heavy (non-hydrogen) atoms. The Kier molecular flexibility index (Phi) is 8.42. The van der Waals surface area contributed by atoms with Gasteiger partial charge in [-0.15, -0.1) is 11.3 Å². The molecule has 0 saturated carbocycles. The second-order valence-corrected chi connectivity index (χ2v) is 15.9. The molecule has 1 heterocycles. The van der Waals surface area contributed by atoms with Crippen LogP contribution in [0.2, 0.25) is 0 Å². The number of hydrogen-bond acceptors (Lipinski definition) is 2. The Hall–Kier alpha value is -7.26. The second kappa shape index (κ2) is 14.4. The lowest BCUT2D eigenvalue weighted by atomic mass is 9.95. The fourth-order valence-electron chi connectivity index (χ4n) is 8.71. The highest BCUT2D eigenvalue weighted by Gasteiger charge is 2.20. The van der Waals surface area contributed by atoms with E-state index in [1.165, 1.54) is 86.2 Å². The summed E-state index contributed by atoms with van der Waals surface area (Å²) < 4.78 is 2.61. The fourth-order valence-corrected chi connectivity index (χ4v) is 9.84. The number of anilines is 3. The van der Waals surface area contributed by atoms with E-state index in [9.17, 15) is 0 Å².